The highest BCUT2D eigenvalue weighted by atomic mass is 35.5. The summed E-state index contributed by atoms with van der Waals surface area (Å²) in [6.45, 7) is 2.72. The first-order valence-electron chi connectivity index (χ1n) is 13.3. The van der Waals surface area contributed by atoms with Gasteiger partial charge in [0.1, 0.15) is 11.9 Å². The molecule has 0 saturated heterocycles. The number of nitrogens with zero attached hydrogens (tertiary/aromatic N) is 2. The van der Waals surface area contributed by atoms with Crippen LogP contribution >= 0.6 is 23.2 Å². The van der Waals surface area contributed by atoms with Crippen molar-refractivity contribution >= 4 is 35.2 Å². The lowest BCUT2D eigenvalue weighted by Gasteiger charge is -2.20. The third kappa shape index (κ3) is 6.35. The van der Waals surface area contributed by atoms with Crippen molar-refractivity contribution in [1.82, 2.24) is 9.55 Å². The molecule has 0 bridgehead atoms. The first kappa shape index (κ1) is 29.0. The number of benzene rings is 4. The number of carboxylic acid groups (broad SMARTS) is 1. The Balaban J connectivity index is 1.54. The summed E-state index contributed by atoms with van der Waals surface area (Å²) >= 11 is 12.6. The Morgan fingerprint density at radius 3 is 2.40 bits per heavy atom. The van der Waals surface area contributed by atoms with Gasteiger partial charge in [-0.2, -0.15) is 0 Å². The van der Waals surface area contributed by atoms with Gasteiger partial charge in [-0.25, -0.2) is 9.78 Å². The van der Waals surface area contributed by atoms with E-state index in [0.717, 1.165) is 27.9 Å². The van der Waals surface area contributed by atoms with E-state index in [1.54, 1.807) is 43.5 Å². The van der Waals surface area contributed by atoms with Crippen LogP contribution in [0.15, 0.2) is 103 Å². The monoisotopic (exact) mass is 598 g/mol. The van der Waals surface area contributed by atoms with Crippen LogP contribution in [0.1, 0.15) is 34.8 Å². The number of methoxy groups -OCH3 is 1. The van der Waals surface area contributed by atoms with E-state index in [1.165, 1.54) is 0 Å². The fourth-order valence-electron chi connectivity index (χ4n) is 4.65. The highest BCUT2D eigenvalue weighted by molar-refractivity contribution is 6.36. The number of halogens is 2. The van der Waals surface area contributed by atoms with Crippen molar-refractivity contribution in [2.24, 2.45) is 0 Å². The standard InChI is InChI=1S/C34H28Cl2N2O4/c1-3-38-21-29(27-17-16-25(35)20-28(27)36)37-32(38)19-18-30(23-12-14-24(15-13-23)34(39)40)42-31-11-7-10-26(33(31)41-2)22-8-5-4-6-9-22/h4-21,30H,3H2,1-2H3,(H,39,40)/b19-18+. The minimum absolute atomic E-state index is 0.191. The van der Waals surface area contributed by atoms with E-state index in [-0.39, 0.29) is 5.56 Å². The molecule has 4 aromatic carbocycles. The number of carboxylic acids is 1. The average Bonchev–Trinajstić information content (AvgIpc) is 3.42. The van der Waals surface area contributed by atoms with Gasteiger partial charge < -0.3 is 19.1 Å². The van der Waals surface area contributed by atoms with Crippen molar-refractivity contribution in [3.05, 3.63) is 130 Å². The third-order valence-corrected chi connectivity index (χ3v) is 7.33. The second-order valence-corrected chi connectivity index (χ2v) is 10.3. The van der Waals surface area contributed by atoms with Crippen molar-refractivity contribution < 1.29 is 19.4 Å². The zero-order chi connectivity index (χ0) is 29.6. The minimum atomic E-state index is -0.995. The van der Waals surface area contributed by atoms with Crippen LogP contribution in [0.3, 0.4) is 0 Å². The molecule has 1 unspecified atom stereocenters. The maximum atomic E-state index is 11.5. The molecule has 0 amide bonds. The van der Waals surface area contributed by atoms with Crippen LogP contribution in [0.5, 0.6) is 11.5 Å². The van der Waals surface area contributed by atoms with Gasteiger partial charge in [0, 0.05) is 28.9 Å². The SMILES string of the molecule is CCn1cc(-c2ccc(Cl)cc2Cl)nc1/C=C/C(Oc1cccc(-c2ccccc2)c1OC)c1ccc(C(=O)O)cc1. The molecule has 1 heterocycles. The van der Waals surface area contributed by atoms with Gasteiger partial charge in [0.25, 0.3) is 0 Å². The second kappa shape index (κ2) is 13.0. The summed E-state index contributed by atoms with van der Waals surface area (Å²) in [6.07, 6.45) is 5.14. The van der Waals surface area contributed by atoms with Crippen LogP contribution in [-0.2, 0) is 6.54 Å². The van der Waals surface area contributed by atoms with E-state index in [1.807, 2.05) is 84.4 Å². The number of rotatable bonds is 10. The number of aryl methyl sites for hydroxylation is 1. The predicted molar refractivity (Wildman–Crippen MR) is 168 cm³/mol. The van der Waals surface area contributed by atoms with Crippen LogP contribution in [0.4, 0.5) is 0 Å². The number of hydrogen-bond donors (Lipinski definition) is 1. The molecule has 0 aliphatic heterocycles. The largest absolute Gasteiger partial charge is 0.492 e. The van der Waals surface area contributed by atoms with Crippen molar-refractivity contribution in [2.45, 2.75) is 19.6 Å². The second-order valence-electron chi connectivity index (χ2n) is 9.42. The van der Waals surface area contributed by atoms with Crippen LogP contribution < -0.4 is 9.47 Å². The molecule has 42 heavy (non-hydrogen) atoms. The van der Waals surface area contributed by atoms with Gasteiger partial charge in [0.05, 0.1) is 23.4 Å². The highest BCUT2D eigenvalue weighted by Crippen LogP contribution is 2.40. The van der Waals surface area contributed by atoms with E-state index >= 15 is 0 Å². The third-order valence-electron chi connectivity index (χ3n) is 6.78. The molecule has 1 aromatic heterocycles. The molecule has 0 spiro atoms. The summed E-state index contributed by atoms with van der Waals surface area (Å²) in [5, 5.41) is 10.5. The number of ether oxygens (including phenoxy) is 2. The molecule has 8 heteroatoms. The molecule has 212 valence electrons. The number of aromatic carboxylic acids is 1. The minimum Gasteiger partial charge on any atom is -0.492 e. The lowest BCUT2D eigenvalue weighted by atomic mass is 10.0. The molecule has 1 atom stereocenters. The van der Waals surface area contributed by atoms with Gasteiger partial charge in [-0.3, -0.25) is 0 Å². The van der Waals surface area contributed by atoms with Crippen molar-refractivity contribution in [1.29, 1.82) is 0 Å². The molecule has 0 radical (unpaired) electrons. The number of imidazole rings is 1. The number of aromatic nitrogens is 2. The lowest BCUT2D eigenvalue weighted by Crippen LogP contribution is -2.07. The number of hydrogen-bond acceptors (Lipinski definition) is 4. The van der Waals surface area contributed by atoms with Gasteiger partial charge in [0.15, 0.2) is 11.5 Å². The Hall–Kier alpha value is -4.52. The van der Waals surface area contributed by atoms with Crippen LogP contribution in [0, 0.1) is 0 Å². The normalized spacial score (nSPS) is 11.9. The van der Waals surface area contributed by atoms with Gasteiger partial charge in [-0.1, -0.05) is 77.8 Å². The molecule has 0 aliphatic carbocycles. The Labute approximate surface area is 254 Å². The molecule has 0 fully saturated rings. The van der Waals surface area contributed by atoms with Crippen LogP contribution in [0.2, 0.25) is 10.0 Å². The molecule has 0 aliphatic rings. The summed E-state index contributed by atoms with van der Waals surface area (Å²) in [7, 11) is 1.61. The number of para-hydroxylation sites is 1. The summed E-state index contributed by atoms with van der Waals surface area (Å²) in [5.41, 5.74) is 4.35. The van der Waals surface area contributed by atoms with E-state index in [2.05, 4.69) is 0 Å². The fourth-order valence-corrected chi connectivity index (χ4v) is 5.16. The Bertz CT molecular complexity index is 1730. The Morgan fingerprint density at radius 2 is 1.74 bits per heavy atom. The lowest BCUT2D eigenvalue weighted by molar-refractivity contribution is 0.0696. The van der Waals surface area contributed by atoms with Crippen LogP contribution in [0.25, 0.3) is 28.5 Å². The maximum absolute atomic E-state index is 11.5. The molecule has 5 aromatic rings. The van der Waals surface area contributed by atoms with Crippen molar-refractivity contribution in [2.75, 3.05) is 7.11 Å². The smallest absolute Gasteiger partial charge is 0.335 e. The zero-order valence-electron chi connectivity index (χ0n) is 23.0. The summed E-state index contributed by atoms with van der Waals surface area (Å²) in [4.78, 5) is 16.3. The van der Waals surface area contributed by atoms with E-state index in [9.17, 15) is 9.90 Å². The Kier molecular flexibility index (Phi) is 8.96. The van der Waals surface area contributed by atoms with Gasteiger partial charge in [-0.05, 0) is 66.6 Å². The average molecular weight is 600 g/mol. The van der Waals surface area contributed by atoms with E-state index < -0.39 is 12.1 Å². The van der Waals surface area contributed by atoms with Crippen LogP contribution in [-0.4, -0.2) is 27.7 Å². The first-order chi connectivity index (χ1) is 20.4. The summed E-state index contributed by atoms with van der Waals surface area (Å²) in [5.74, 6) is 0.853. The van der Waals surface area contributed by atoms with Crippen molar-refractivity contribution in [3.8, 4) is 33.9 Å². The zero-order valence-corrected chi connectivity index (χ0v) is 24.5. The quantitative estimate of drug-likeness (QED) is 0.173. The summed E-state index contributed by atoms with van der Waals surface area (Å²) < 4.78 is 14.4. The summed E-state index contributed by atoms with van der Waals surface area (Å²) in [6, 6.07) is 27.6. The van der Waals surface area contributed by atoms with Gasteiger partial charge in [0.2, 0.25) is 0 Å². The topological polar surface area (TPSA) is 73.6 Å². The molecule has 5 rings (SSSR count). The molecule has 6 nitrogen and oxygen atoms in total. The van der Waals surface area contributed by atoms with Gasteiger partial charge >= 0.3 is 5.97 Å². The van der Waals surface area contributed by atoms with Crippen molar-refractivity contribution in [3.63, 3.8) is 0 Å². The molecule has 1 N–H and O–H groups in total. The molecular weight excluding hydrogens is 571 g/mol. The Morgan fingerprint density at radius 1 is 0.976 bits per heavy atom. The fraction of sp³-hybridized carbons (Fsp3) is 0.118. The van der Waals surface area contributed by atoms with E-state index in [4.69, 9.17) is 37.7 Å². The number of carbonyl (C=O) groups is 1. The molecular formula is C34H28Cl2N2O4. The van der Waals surface area contributed by atoms with Gasteiger partial charge in [-0.15, -0.1) is 0 Å². The predicted octanol–water partition coefficient (Wildman–Crippen LogP) is 9.08. The first-order valence-corrected chi connectivity index (χ1v) is 14.1. The maximum Gasteiger partial charge on any atom is 0.335 e. The molecule has 0 saturated carbocycles. The highest BCUT2D eigenvalue weighted by Gasteiger charge is 2.18. The van der Waals surface area contributed by atoms with E-state index in [0.29, 0.717) is 33.9 Å².